The Labute approximate surface area is 164 Å². The summed E-state index contributed by atoms with van der Waals surface area (Å²) < 4.78 is 0. The molecule has 0 radical (unpaired) electrons. The predicted octanol–water partition coefficient (Wildman–Crippen LogP) is 2.81. The summed E-state index contributed by atoms with van der Waals surface area (Å²) in [6, 6.07) is 9.29. The van der Waals surface area contributed by atoms with Crippen molar-refractivity contribution >= 4 is 5.91 Å². The molecule has 1 fully saturated rings. The van der Waals surface area contributed by atoms with Gasteiger partial charge < -0.3 is 16.2 Å². The smallest absolute Gasteiger partial charge is 0.223 e. The van der Waals surface area contributed by atoms with E-state index in [1.807, 2.05) is 30.3 Å². The fraction of sp³-hybridized carbons (Fsp3) is 0.682. The molecule has 1 aliphatic carbocycles. The van der Waals surface area contributed by atoms with Gasteiger partial charge in [0.1, 0.15) is 6.23 Å². The Bertz CT molecular complexity index is 576. The minimum Gasteiger partial charge on any atom is -0.377 e. The first kappa shape index (κ1) is 21.9. The number of hydrogen-bond donors (Lipinski definition) is 4. The van der Waals surface area contributed by atoms with Gasteiger partial charge in [-0.15, -0.1) is 0 Å². The number of nitrogens with two attached hydrogens (primary N) is 1. The van der Waals surface area contributed by atoms with Crippen LogP contribution >= 0.6 is 0 Å². The van der Waals surface area contributed by atoms with Crippen LogP contribution in [0.4, 0.5) is 0 Å². The standard InChI is InChI=1S/C22H37N3O2/c1-14(2)18-11-10-15(3)12-19(18)22(27)24-13-20(25-21(26)16(4)23)17-8-6-5-7-9-17/h5-9,14-16,18-21,25-26H,10-13,23H2,1-4H3,(H,24,27)/t15?,16-,18+,19-,20?,21?/m1/s1. The number of nitrogens with one attached hydrogen (secondary N) is 2. The molecule has 2 rings (SSSR count). The molecule has 0 saturated heterocycles. The van der Waals surface area contributed by atoms with E-state index in [1.165, 1.54) is 6.42 Å². The van der Waals surface area contributed by atoms with Gasteiger partial charge in [0.2, 0.25) is 5.91 Å². The van der Waals surface area contributed by atoms with E-state index in [4.69, 9.17) is 5.73 Å². The summed E-state index contributed by atoms with van der Waals surface area (Å²) in [5.74, 6) is 1.76. The summed E-state index contributed by atoms with van der Waals surface area (Å²) in [7, 11) is 0. The zero-order valence-electron chi connectivity index (χ0n) is 17.2. The van der Waals surface area contributed by atoms with Gasteiger partial charge in [0.05, 0.1) is 6.04 Å². The summed E-state index contributed by atoms with van der Waals surface area (Å²) in [5, 5.41) is 16.5. The first-order valence-corrected chi connectivity index (χ1v) is 10.3. The predicted molar refractivity (Wildman–Crippen MR) is 110 cm³/mol. The van der Waals surface area contributed by atoms with Crippen LogP contribution in [0.1, 0.15) is 58.6 Å². The molecular formula is C22H37N3O2. The Balaban J connectivity index is 2.05. The maximum Gasteiger partial charge on any atom is 0.223 e. The SMILES string of the molecule is CC1CC[C@@H](C(C)C)[C@H](C(=O)NCC(NC(O)[C@@H](C)N)c2ccccc2)C1. The maximum absolute atomic E-state index is 13.0. The largest absolute Gasteiger partial charge is 0.377 e. The van der Waals surface area contributed by atoms with Crippen molar-refractivity contribution < 1.29 is 9.90 Å². The Kier molecular flexibility index (Phi) is 8.27. The molecule has 0 aromatic heterocycles. The number of benzene rings is 1. The van der Waals surface area contributed by atoms with Crippen molar-refractivity contribution in [3.05, 3.63) is 35.9 Å². The van der Waals surface area contributed by atoms with Crippen molar-refractivity contribution in [2.24, 2.45) is 29.4 Å². The van der Waals surface area contributed by atoms with Crippen molar-refractivity contribution in [3.8, 4) is 0 Å². The van der Waals surface area contributed by atoms with Gasteiger partial charge in [0.25, 0.3) is 0 Å². The molecule has 1 aliphatic rings. The van der Waals surface area contributed by atoms with Gasteiger partial charge in [-0.1, -0.05) is 57.5 Å². The summed E-state index contributed by atoms with van der Waals surface area (Å²) in [6.45, 7) is 8.87. The first-order valence-electron chi connectivity index (χ1n) is 10.3. The van der Waals surface area contributed by atoms with Gasteiger partial charge in [-0.05, 0) is 43.1 Å². The normalized spacial score (nSPS) is 26.4. The van der Waals surface area contributed by atoms with Crippen molar-refractivity contribution in [2.75, 3.05) is 6.54 Å². The highest BCUT2D eigenvalue weighted by Gasteiger charge is 2.35. The number of carbonyl (C=O) groups excluding carboxylic acids is 1. The van der Waals surface area contributed by atoms with Gasteiger partial charge in [-0.25, -0.2) is 0 Å². The zero-order chi connectivity index (χ0) is 20.0. The van der Waals surface area contributed by atoms with E-state index in [9.17, 15) is 9.90 Å². The van der Waals surface area contributed by atoms with E-state index < -0.39 is 12.3 Å². The summed E-state index contributed by atoms with van der Waals surface area (Å²) in [4.78, 5) is 13.0. The van der Waals surface area contributed by atoms with E-state index >= 15 is 0 Å². The topological polar surface area (TPSA) is 87.4 Å². The second-order valence-electron chi connectivity index (χ2n) is 8.61. The van der Waals surface area contributed by atoms with Crippen LogP contribution in [-0.4, -0.2) is 29.8 Å². The molecule has 1 saturated carbocycles. The van der Waals surface area contributed by atoms with Gasteiger partial charge >= 0.3 is 0 Å². The van der Waals surface area contributed by atoms with E-state index in [-0.39, 0.29) is 17.9 Å². The van der Waals surface area contributed by atoms with E-state index in [2.05, 4.69) is 31.4 Å². The Morgan fingerprint density at radius 1 is 1.22 bits per heavy atom. The Morgan fingerprint density at radius 2 is 1.89 bits per heavy atom. The van der Waals surface area contributed by atoms with Crippen LogP contribution < -0.4 is 16.4 Å². The molecule has 0 aliphatic heterocycles. The molecule has 3 unspecified atom stereocenters. The average molecular weight is 376 g/mol. The van der Waals surface area contributed by atoms with Crippen molar-refractivity contribution in [3.63, 3.8) is 0 Å². The van der Waals surface area contributed by atoms with Crippen molar-refractivity contribution in [2.45, 2.75) is 65.3 Å². The third kappa shape index (κ3) is 6.30. The van der Waals surface area contributed by atoms with Crippen LogP contribution in [0.3, 0.4) is 0 Å². The van der Waals surface area contributed by atoms with Gasteiger partial charge in [0, 0.05) is 18.5 Å². The third-order valence-electron chi connectivity index (χ3n) is 5.91. The highest BCUT2D eigenvalue weighted by atomic mass is 16.3. The van der Waals surface area contributed by atoms with Crippen molar-refractivity contribution in [1.29, 1.82) is 0 Å². The lowest BCUT2D eigenvalue weighted by Gasteiger charge is -2.36. The molecule has 1 aromatic carbocycles. The van der Waals surface area contributed by atoms with E-state index in [1.54, 1.807) is 6.92 Å². The quantitative estimate of drug-likeness (QED) is 0.526. The molecule has 5 nitrogen and oxygen atoms in total. The third-order valence-corrected chi connectivity index (χ3v) is 5.91. The molecule has 0 spiro atoms. The van der Waals surface area contributed by atoms with Gasteiger partial charge in [0.15, 0.2) is 0 Å². The number of carbonyl (C=O) groups is 1. The van der Waals surface area contributed by atoms with Crippen LogP contribution in [0.15, 0.2) is 30.3 Å². The number of hydrogen-bond acceptors (Lipinski definition) is 4. The fourth-order valence-corrected chi connectivity index (χ4v) is 4.15. The van der Waals surface area contributed by atoms with Gasteiger partial charge in [-0.2, -0.15) is 0 Å². The molecule has 152 valence electrons. The summed E-state index contributed by atoms with van der Waals surface area (Å²) >= 11 is 0. The minimum absolute atomic E-state index is 0.0727. The van der Waals surface area contributed by atoms with Crippen LogP contribution in [0.2, 0.25) is 0 Å². The molecule has 5 heteroatoms. The molecule has 0 bridgehead atoms. The molecule has 5 N–H and O–H groups in total. The van der Waals surface area contributed by atoms with E-state index in [0.29, 0.717) is 24.3 Å². The molecule has 0 heterocycles. The lowest BCUT2D eigenvalue weighted by molar-refractivity contribution is -0.129. The fourth-order valence-electron chi connectivity index (χ4n) is 4.15. The average Bonchev–Trinajstić information content (AvgIpc) is 2.64. The van der Waals surface area contributed by atoms with Crippen LogP contribution in [0, 0.1) is 23.7 Å². The number of aliphatic hydroxyl groups is 1. The van der Waals surface area contributed by atoms with Crippen molar-refractivity contribution in [1.82, 2.24) is 10.6 Å². The zero-order valence-corrected chi connectivity index (χ0v) is 17.2. The Morgan fingerprint density at radius 3 is 2.48 bits per heavy atom. The lowest BCUT2D eigenvalue weighted by Crippen LogP contribution is -2.48. The molecule has 1 amide bonds. The first-order chi connectivity index (χ1) is 12.8. The molecular weight excluding hydrogens is 338 g/mol. The minimum atomic E-state index is -0.828. The lowest BCUT2D eigenvalue weighted by atomic mass is 9.70. The number of rotatable bonds is 8. The second kappa shape index (κ2) is 10.2. The molecule has 6 atom stereocenters. The Hall–Kier alpha value is -1.43. The van der Waals surface area contributed by atoms with Crippen LogP contribution in [0.25, 0.3) is 0 Å². The highest BCUT2D eigenvalue weighted by Crippen LogP contribution is 2.38. The van der Waals surface area contributed by atoms with E-state index in [0.717, 1.165) is 18.4 Å². The number of aliphatic hydroxyl groups excluding tert-OH is 1. The summed E-state index contributed by atoms with van der Waals surface area (Å²) in [6.07, 6.45) is 2.47. The molecule has 1 aromatic rings. The van der Waals surface area contributed by atoms with Crippen LogP contribution in [0.5, 0.6) is 0 Å². The number of amides is 1. The summed E-state index contributed by atoms with van der Waals surface area (Å²) in [5.41, 5.74) is 6.83. The second-order valence-corrected chi connectivity index (χ2v) is 8.61. The van der Waals surface area contributed by atoms with Crippen LogP contribution in [-0.2, 0) is 4.79 Å². The van der Waals surface area contributed by atoms with Gasteiger partial charge in [-0.3, -0.25) is 10.1 Å². The molecule has 27 heavy (non-hydrogen) atoms. The maximum atomic E-state index is 13.0. The highest BCUT2D eigenvalue weighted by molar-refractivity contribution is 5.79. The monoisotopic (exact) mass is 375 g/mol.